The van der Waals surface area contributed by atoms with E-state index in [9.17, 15) is 5.11 Å². The summed E-state index contributed by atoms with van der Waals surface area (Å²) in [6.07, 6.45) is 3.27. The van der Waals surface area contributed by atoms with Crippen molar-refractivity contribution in [3.05, 3.63) is 36.7 Å². The Labute approximate surface area is 150 Å². The maximum atomic E-state index is 10.3. The third-order valence-electron chi connectivity index (χ3n) is 3.66. The highest BCUT2D eigenvalue weighted by Gasteiger charge is 2.11. The van der Waals surface area contributed by atoms with Crippen molar-refractivity contribution in [1.29, 1.82) is 0 Å². The summed E-state index contributed by atoms with van der Waals surface area (Å²) < 4.78 is 3.19. The molecule has 0 aliphatic carbocycles. The van der Waals surface area contributed by atoms with E-state index < -0.39 is 0 Å². The molecule has 134 valence electrons. The summed E-state index contributed by atoms with van der Waals surface area (Å²) >= 11 is 0. The summed E-state index contributed by atoms with van der Waals surface area (Å²) in [5, 5.41) is 35.1. The first-order chi connectivity index (χ1) is 12.5. The summed E-state index contributed by atoms with van der Waals surface area (Å²) in [4.78, 5) is 1.83. The van der Waals surface area contributed by atoms with Crippen LogP contribution < -0.4 is 4.90 Å². The van der Waals surface area contributed by atoms with E-state index in [1.54, 1.807) is 60.1 Å². The number of rotatable bonds is 5. The second kappa shape index (κ2) is 7.13. The molecule has 0 atom stereocenters. The molecule has 10 heteroatoms. The molecule has 0 bridgehead atoms. The lowest BCUT2D eigenvalue weighted by molar-refractivity contribution is 0.476. The van der Waals surface area contributed by atoms with Gasteiger partial charge in [0.25, 0.3) is 0 Å². The van der Waals surface area contributed by atoms with Crippen LogP contribution in [0.25, 0.3) is 0 Å². The summed E-state index contributed by atoms with van der Waals surface area (Å²) in [5.74, 6) is 1.18. The minimum atomic E-state index is -0.000832. The van der Waals surface area contributed by atoms with E-state index in [1.165, 1.54) is 0 Å². The molecule has 10 nitrogen and oxygen atoms in total. The summed E-state index contributed by atoms with van der Waals surface area (Å²) in [6, 6.07) is 6.68. The van der Waals surface area contributed by atoms with Crippen LogP contribution in [0.1, 0.15) is 0 Å². The Bertz CT molecular complexity index is 968. The molecule has 0 aliphatic heterocycles. The van der Waals surface area contributed by atoms with Crippen molar-refractivity contribution >= 4 is 28.7 Å². The van der Waals surface area contributed by atoms with Gasteiger partial charge in [0.2, 0.25) is 0 Å². The fraction of sp³-hybridized carbons (Fsp3) is 0.250. The molecule has 0 aliphatic rings. The molecule has 0 saturated carbocycles. The number of aromatic hydroxyl groups is 1. The maximum Gasteiger partial charge on any atom is 0.172 e. The minimum absolute atomic E-state index is 0.000832. The predicted molar refractivity (Wildman–Crippen MR) is 97.2 cm³/mol. The number of azo groups is 2. The number of hydrogen-bond donors (Lipinski definition) is 1. The number of anilines is 1. The Morgan fingerprint density at radius 2 is 1.38 bits per heavy atom. The Morgan fingerprint density at radius 1 is 0.846 bits per heavy atom. The van der Waals surface area contributed by atoms with Crippen molar-refractivity contribution in [3.8, 4) is 5.75 Å². The van der Waals surface area contributed by atoms with Gasteiger partial charge in [0.05, 0.1) is 18.1 Å². The van der Waals surface area contributed by atoms with E-state index in [1.807, 2.05) is 19.0 Å². The zero-order valence-electron chi connectivity index (χ0n) is 14.9. The second-order valence-electron chi connectivity index (χ2n) is 5.75. The molecular formula is C16H19N9O. The number of aryl methyl sites for hydroxylation is 2. The van der Waals surface area contributed by atoms with Gasteiger partial charge in [0.1, 0.15) is 17.1 Å². The number of nitrogens with zero attached hydrogens (tertiary/aromatic N) is 9. The first-order valence-corrected chi connectivity index (χ1v) is 7.79. The van der Waals surface area contributed by atoms with Crippen LogP contribution >= 0.6 is 0 Å². The maximum absolute atomic E-state index is 10.3. The molecule has 0 fully saturated rings. The van der Waals surface area contributed by atoms with E-state index >= 15 is 0 Å². The molecule has 0 spiro atoms. The van der Waals surface area contributed by atoms with Crippen LogP contribution in [-0.2, 0) is 14.1 Å². The van der Waals surface area contributed by atoms with E-state index in [4.69, 9.17) is 0 Å². The number of aromatic nitrogens is 4. The molecule has 2 aromatic heterocycles. The second-order valence-corrected chi connectivity index (χ2v) is 5.75. The largest absolute Gasteiger partial charge is 0.506 e. The molecule has 3 aromatic rings. The van der Waals surface area contributed by atoms with Crippen molar-refractivity contribution in [2.75, 3.05) is 19.0 Å². The summed E-state index contributed by atoms with van der Waals surface area (Å²) in [5.41, 5.74) is 1.54. The van der Waals surface area contributed by atoms with Crippen molar-refractivity contribution in [2.45, 2.75) is 0 Å². The highest BCUT2D eigenvalue weighted by atomic mass is 16.3. The van der Waals surface area contributed by atoms with E-state index in [0.29, 0.717) is 23.0 Å². The van der Waals surface area contributed by atoms with Crippen molar-refractivity contribution in [1.82, 2.24) is 19.6 Å². The third-order valence-corrected chi connectivity index (χ3v) is 3.66. The monoisotopic (exact) mass is 353 g/mol. The van der Waals surface area contributed by atoms with Gasteiger partial charge in [-0.1, -0.05) is 0 Å². The van der Waals surface area contributed by atoms with Crippen molar-refractivity contribution in [2.24, 2.45) is 34.6 Å². The smallest absolute Gasteiger partial charge is 0.172 e. The quantitative estimate of drug-likeness (QED) is 0.704. The van der Waals surface area contributed by atoms with Gasteiger partial charge in [0, 0.05) is 46.4 Å². The highest BCUT2D eigenvalue weighted by Crippen LogP contribution is 2.40. The SMILES string of the molecule is CN(C)c1cc(O)c(/N=N/c2ccnn2C)cc1/N=N/c1ccnn1C. The highest BCUT2D eigenvalue weighted by molar-refractivity contribution is 5.75. The van der Waals surface area contributed by atoms with E-state index in [-0.39, 0.29) is 11.4 Å². The van der Waals surface area contributed by atoms with Gasteiger partial charge in [0.15, 0.2) is 11.6 Å². The third kappa shape index (κ3) is 3.58. The van der Waals surface area contributed by atoms with Gasteiger partial charge in [-0.15, -0.1) is 20.5 Å². The normalized spacial score (nSPS) is 11.7. The van der Waals surface area contributed by atoms with Crippen LogP contribution in [0.3, 0.4) is 0 Å². The number of phenolic OH excluding ortho intramolecular Hbond substituents is 1. The van der Waals surface area contributed by atoms with Crippen LogP contribution in [0.15, 0.2) is 57.1 Å². The molecule has 2 heterocycles. The first-order valence-electron chi connectivity index (χ1n) is 7.79. The van der Waals surface area contributed by atoms with Gasteiger partial charge in [-0.25, -0.2) is 9.36 Å². The fourth-order valence-electron chi connectivity index (χ4n) is 2.21. The number of phenols is 1. The molecule has 1 N–H and O–H groups in total. The lowest BCUT2D eigenvalue weighted by Crippen LogP contribution is -2.08. The number of hydrogen-bond acceptors (Lipinski definition) is 8. The van der Waals surface area contributed by atoms with Crippen LogP contribution in [-0.4, -0.2) is 38.8 Å². The molecule has 0 unspecified atom stereocenters. The molecule has 0 saturated heterocycles. The Balaban J connectivity index is 1.99. The first kappa shape index (κ1) is 17.3. The molecule has 0 radical (unpaired) electrons. The standard InChI is InChI=1S/C16H19N9O/c1-23(2)13-10-14(26)12(20-22-16-6-8-18-25(16)4)9-11(13)19-21-15-5-7-17-24(15)3/h5-10,26H,1-4H3/b21-19+,22-20+. The Hall–Kier alpha value is -3.56. The van der Waals surface area contributed by atoms with Crippen molar-refractivity contribution < 1.29 is 5.11 Å². The zero-order valence-corrected chi connectivity index (χ0v) is 14.9. The molecule has 3 rings (SSSR count). The average molecular weight is 353 g/mol. The predicted octanol–water partition coefficient (Wildman–Crippen LogP) is 3.76. The average Bonchev–Trinajstić information content (AvgIpc) is 3.20. The molecular weight excluding hydrogens is 334 g/mol. The zero-order chi connectivity index (χ0) is 18.7. The number of benzene rings is 1. The van der Waals surface area contributed by atoms with Crippen LogP contribution in [0.2, 0.25) is 0 Å². The van der Waals surface area contributed by atoms with Crippen LogP contribution in [0.4, 0.5) is 28.7 Å². The fourth-order valence-corrected chi connectivity index (χ4v) is 2.21. The summed E-state index contributed by atoms with van der Waals surface area (Å²) in [7, 11) is 7.26. The van der Waals surface area contributed by atoms with E-state index in [0.717, 1.165) is 0 Å². The molecule has 0 amide bonds. The van der Waals surface area contributed by atoms with Gasteiger partial charge in [-0.2, -0.15) is 10.2 Å². The Kier molecular flexibility index (Phi) is 4.74. The molecule has 1 aromatic carbocycles. The lowest BCUT2D eigenvalue weighted by atomic mass is 10.2. The lowest BCUT2D eigenvalue weighted by Gasteiger charge is -2.15. The topological polar surface area (TPSA) is 109 Å². The van der Waals surface area contributed by atoms with E-state index in [2.05, 4.69) is 30.7 Å². The van der Waals surface area contributed by atoms with Gasteiger partial charge >= 0.3 is 0 Å². The van der Waals surface area contributed by atoms with Crippen molar-refractivity contribution in [3.63, 3.8) is 0 Å². The Morgan fingerprint density at radius 3 is 1.85 bits per heavy atom. The molecule has 26 heavy (non-hydrogen) atoms. The van der Waals surface area contributed by atoms with Crippen LogP contribution in [0.5, 0.6) is 5.75 Å². The van der Waals surface area contributed by atoms with Gasteiger partial charge < -0.3 is 10.0 Å². The van der Waals surface area contributed by atoms with Gasteiger partial charge in [-0.3, -0.25) is 0 Å². The summed E-state index contributed by atoms with van der Waals surface area (Å²) in [6.45, 7) is 0. The van der Waals surface area contributed by atoms with Crippen LogP contribution in [0, 0.1) is 0 Å². The van der Waals surface area contributed by atoms with Gasteiger partial charge in [-0.05, 0) is 6.07 Å². The minimum Gasteiger partial charge on any atom is -0.506 e.